The smallest absolute Gasteiger partial charge is 0.225 e. The number of aromatic nitrogens is 1. The van der Waals surface area contributed by atoms with Crippen LogP contribution in [0.5, 0.6) is 0 Å². The number of aliphatic hydroxyl groups is 1. The molecule has 0 bridgehead atoms. The fourth-order valence-electron chi connectivity index (χ4n) is 2.69. The van der Waals surface area contributed by atoms with Gasteiger partial charge in [-0.3, -0.25) is 15.6 Å². The van der Waals surface area contributed by atoms with Crippen molar-refractivity contribution in [2.75, 3.05) is 6.54 Å². The first kappa shape index (κ1) is 20.0. The normalized spacial score (nSPS) is 22.4. The van der Waals surface area contributed by atoms with Gasteiger partial charge in [0.2, 0.25) is 5.91 Å². The summed E-state index contributed by atoms with van der Waals surface area (Å²) in [7, 11) is 0. The SMILES string of the molecule is CC(C)(C)C(=O)NC1CCC(NNCC(O)c2nc(C=N)cs2)CC1. The predicted octanol–water partition coefficient (Wildman–Crippen LogP) is 1.74. The Bertz CT molecular complexity index is 576. The molecule has 1 atom stereocenters. The van der Waals surface area contributed by atoms with E-state index in [2.05, 4.69) is 21.2 Å². The number of aliphatic hydroxyl groups excluding tert-OH is 1. The quantitative estimate of drug-likeness (QED) is 0.372. The van der Waals surface area contributed by atoms with E-state index in [4.69, 9.17) is 5.41 Å². The molecule has 140 valence electrons. The van der Waals surface area contributed by atoms with Gasteiger partial charge in [0, 0.05) is 35.6 Å². The van der Waals surface area contributed by atoms with Crippen molar-refractivity contribution in [1.29, 1.82) is 5.41 Å². The third-order valence-electron chi connectivity index (χ3n) is 4.32. The lowest BCUT2D eigenvalue weighted by Gasteiger charge is -2.31. The highest BCUT2D eigenvalue weighted by molar-refractivity contribution is 7.09. The van der Waals surface area contributed by atoms with Crippen molar-refractivity contribution in [3.63, 3.8) is 0 Å². The number of nitrogens with zero attached hydrogens (tertiary/aromatic N) is 1. The van der Waals surface area contributed by atoms with Crippen molar-refractivity contribution in [2.24, 2.45) is 5.41 Å². The third kappa shape index (κ3) is 6.14. The molecule has 1 amide bonds. The Balaban J connectivity index is 1.65. The van der Waals surface area contributed by atoms with Crippen LogP contribution in [0.15, 0.2) is 5.38 Å². The van der Waals surface area contributed by atoms with E-state index in [-0.39, 0.29) is 17.4 Å². The molecule has 0 spiro atoms. The van der Waals surface area contributed by atoms with Crippen LogP contribution in [0.4, 0.5) is 0 Å². The molecule has 1 unspecified atom stereocenters. The Labute approximate surface area is 153 Å². The summed E-state index contributed by atoms with van der Waals surface area (Å²) in [5.74, 6) is 0.109. The summed E-state index contributed by atoms with van der Waals surface area (Å²) >= 11 is 1.36. The molecular formula is C17H29N5O2S. The van der Waals surface area contributed by atoms with Crippen LogP contribution in [0.1, 0.15) is 63.3 Å². The Kier molecular flexibility index (Phi) is 7.06. The third-order valence-corrected chi connectivity index (χ3v) is 5.28. The minimum Gasteiger partial charge on any atom is -0.385 e. The van der Waals surface area contributed by atoms with Gasteiger partial charge in [0.1, 0.15) is 11.1 Å². The molecule has 2 rings (SSSR count). The van der Waals surface area contributed by atoms with Crippen LogP contribution in [0, 0.1) is 10.8 Å². The van der Waals surface area contributed by atoms with E-state index in [1.807, 2.05) is 20.8 Å². The summed E-state index contributed by atoms with van der Waals surface area (Å²) in [4.78, 5) is 16.2. The fraction of sp³-hybridized carbons (Fsp3) is 0.706. The van der Waals surface area contributed by atoms with Gasteiger partial charge in [0.05, 0.1) is 5.69 Å². The Morgan fingerprint density at radius 3 is 2.60 bits per heavy atom. The van der Waals surface area contributed by atoms with Crippen LogP contribution in [0.2, 0.25) is 0 Å². The second-order valence-corrected chi connectivity index (χ2v) is 8.46. The lowest BCUT2D eigenvalue weighted by atomic mass is 9.89. The van der Waals surface area contributed by atoms with Crippen molar-refractivity contribution in [3.8, 4) is 0 Å². The molecule has 1 saturated carbocycles. The number of amides is 1. The van der Waals surface area contributed by atoms with Crippen LogP contribution in [-0.4, -0.2) is 40.8 Å². The molecule has 8 heteroatoms. The van der Waals surface area contributed by atoms with Gasteiger partial charge in [-0.05, 0) is 25.7 Å². The maximum absolute atomic E-state index is 12.0. The highest BCUT2D eigenvalue weighted by Gasteiger charge is 2.27. The van der Waals surface area contributed by atoms with Gasteiger partial charge in [-0.25, -0.2) is 4.98 Å². The Morgan fingerprint density at radius 1 is 1.40 bits per heavy atom. The van der Waals surface area contributed by atoms with E-state index in [1.165, 1.54) is 17.6 Å². The molecule has 5 N–H and O–H groups in total. The van der Waals surface area contributed by atoms with Crippen LogP contribution < -0.4 is 16.2 Å². The van der Waals surface area contributed by atoms with E-state index in [0.717, 1.165) is 25.7 Å². The molecule has 1 aliphatic rings. The number of carbonyl (C=O) groups excluding carboxylic acids is 1. The zero-order chi connectivity index (χ0) is 18.4. The second-order valence-electron chi connectivity index (χ2n) is 7.57. The molecule has 0 aliphatic heterocycles. The molecule has 0 aromatic carbocycles. The number of hydrogen-bond acceptors (Lipinski definition) is 7. The van der Waals surface area contributed by atoms with Gasteiger partial charge in [-0.15, -0.1) is 11.3 Å². The van der Waals surface area contributed by atoms with Gasteiger partial charge in [-0.2, -0.15) is 0 Å². The van der Waals surface area contributed by atoms with Crippen LogP contribution in [0.25, 0.3) is 0 Å². The maximum Gasteiger partial charge on any atom is 0.225 e. The molecule has 1 aliphatic carbocycles. The van der Waals surface area contributed by atoms with Crippen molar-refractivity contribution in [3.05, 3.63) is 16.1 Å². The second kappa shape index (κ2) is 8.84. The topological polar surface area (TPSA) is 110 Å². The van der Waals surface area contributed by atoms with Crippen molar-refractivity contribution in [1.82, 2.24) is 21.2 Å². The molecule has 1 aromatic heterocycles. The minimum atomic E-state index is -0.686. The summed E-state index contributed by atoms with van der Waals surface area (Å²) in [6, 6.07) is 0.591. The van der Waals surface area contributed by atoms with Crippen LogP contribution >= 0.6 is 11.3 Å². The first-order chi connectivity index (χ1) is 11.8. The standard InChI is InChI=1S/C17H29N5O2S/c1-17(2,3)16(24)21-11-4-6-12(7-5-11)22-19-9-14(23)15-20-13(8-18)10-25-15/h8,10-12,14,18-19,22-23H,4-7,9H2,1-3H3,(H,21,24). The number of hydrogen-bond donors (Lipinski definition) is 5. The van der Waals surface area contributed by atoms with Crippen molar-refractivity contribution >= 4 is 23.5 Å². The molecule has 25 heavy (non-hydrogen) atoms. The fourth-order valence-corrected chi connectivity index (χ4v) is 3.45. The van der Waals surface area contributed by atoms with Crippen LogP contribution in [0.3, 0.4) is 0 Å². The van der Waals surface area contributed by atoms with E-state index in [0.29, 0.717) is 23.3 Å². The number of hydrazine groups is 1. The predicted molar refractivity (Wildman–Crippen MR) is 99.7 cm³/mol. The zero-order valence-electron chi connectivity index (χ0n) is 15.1. The highest BCUT2D eigenvalue weighted by atomic mass is 32.1. The zero-order valence-corrected chi connectivity index (χ0v) is 15.9. The lowest BCUT2D eigenvalue weighted by Crippen LogP contribution is -2.48. The lowest BCUT2D eigenvalue weighted by molar-refractivity contribution is -0.129. The summed E-state index contributed by atoms with van der Waals surface area (Å²) in [5, 5.41) is 22.7. The average Bonchev–Trinajstić information content (AvgIpc) is 3.04. The first-order valence-corrected chi connectivity index (χ1v) is 9.61. The van der Waals surface area contributed by atoms with Crippen molar-refractivity contribution in [2.45, 2.75) is 64.6 Å². The highest BCUT2D eigenvalue weighted by Crippen LogP contribution is 2.21. The van der Waals surface area contributed by atoms with Gasteiger partial charge in [0.25, 0.3) is 0 Å². The van der Waals surface area contributed by atoms with Crippen LogP contribution in [-0.2, 0) is 4.79 Å². The van der Waals surface area contributed by atoms with Crippen molar-refractivity contribution < 1.29 is 9.90 Å². The summed E-state index contributed by atoms with van der Waals surface area (Å²) < 4.78 is 0. The first-order valence-electron chi connectivity index (χ1n) is 8.73. The molecule has 1 heterocycles. The maximum atomic E-state index is 12.0. The summed E-state index contributed by atoms with van der Waals surface area (Å²) in [5.41, 5.74) is 6.56. The van der Waals surface area contributed by atoms with Gasteiger partial charge >= 0.3 is 0 Å². The van der Waals surface area contributed by atoms with E-state index < -0.39 is 6.10 Å². The Hall–Kier alpha value is -1.35. The average molecular weight is 368 g/mol. The molecule has 0 saturated heterocycles. The summed E-state index contributed by atoms with van der Waals surface area (Å²) in [6.07, 6.45) is 4.36. The molecule has 0 radical (unpaired) electrons. The van der Waals surface area contributed by atoms with E-state index in [9.17, 15) is 9.90 Å². The molecule has 1 aromatic rings. The minimum absolute atomic E-state index is 0.109. The number of carbonyl (C=O) groups is 1. The molecule has 7 nitrogen and oxygen atoms in total. The molecule has 1 fully saturated rings. The molecular weight excluding hydrogens is 338 g/mol. The van der Waals surface area contributed by atoms with Gasteiger partial charge in [0.15, 0.2) is 0 Å². The monoisotopic (exact) mass is 367 g/mol. The Morgan fingerprint density at radius 2 is 2.04 bits per heavy atom. The largest absolute Gasteiger partial charge is 0.385 e. The van der Waals surface area contributed by atoms with Gasteiger partial charge in [-0.1, -0.05) is 20.8 Å². The summed E-state index contributed by atoms with van der Waals surface area (Å²) in [6.45, 7) is 6.15. The number of nitrogens with one attached hydrogen (secondary N) is 4. The van der Waals surface area contributed by atoms with Gasteiger partial charge < -0.3 is 15.8 Å². The van der Waals surface area contributed by atoms with E-state index >= 15 is 0 Å². The number of thiazole rings is 1. The van der Waals surface area contributed by atoms with E-state index in [1.54, 1.807) is 5.38 Å². The number of rotatable bonds is 7.